The van der Waals surface area contributed by atoms with Gasteiger partial charge in [-0.2, -0.15) is 0 Å². The van der Waals surface area contributed by atoms with E-state index < -0.39 is 41.3 Å². The first-order valence-corrected chi connectivity index (χ1v) is 11.3. The third-order valence-corrected chi connectivity index (χ3v) is 6.17. The van der Waals surface area contributed by atoms with Crippen LogP contribution < -0.4 is 16.4 Å². The number of aromatic nitrogens is 1. The number of nitrogens with one attached hydrogen (secondary N) is 2. The number of rotatable bonds is 9. The lowest BCUT2D eigenvalue weighted by Crippen LogP contribution is -2.56. The molecule has 0 radical (unpaired) electrons. The highest BCUT2D eigenvalue weighted by atomic mass is 32.1. The van der Waals surface area contributed by atoms with E-state index in [1.54, 1.807) is 11.6 Å². The van der Waals surface area contributed by atoms with E-state index in [0.717, 1.165) is 5.56 Å². The minimum absolute atomic E-state index is 0.0718. The van der Waals surface area contributed by atoms with Crippen LogP contribution in [0.15, 0.2) is 41.9 Å². The lowest BCUT2D eigenvalue weighted by Gasteiger charge is -2.31. The Morgan fingerprint density at radius 1 is 1.12 bits per heavy atom. The van der Waals surface area contributed by atoms with Crippen molar-refractivity contribution in [2.45, 2.75) is 58.2 Å². The number of ether oxygens (including phenoxy) is 1. The molecule has 0 fully saturated rings. The Morgan fingerprint density at radius 3 is 2.31 bits per heavy atom. The van der Waals surface area contributed by atoms with Crippen molar-refractivity contribution in [2.24, 2.45) is 11.1 Å². The highest BCUT2D eigenvalue weighted by Gasteiger charge is 2.35. The number of nitrogens with zero attached hydrogens (tertiary/aromatic N) is 1. The van der Waals surface area contributed by atoms with Crippen molar-refractivity contribution < 1.29 is 19.1 Å². The number of nitrogens with two attached hydrogens (primary N) is 1. The molecule has 2 aromatic rings. The Balaban J connectivity index is 2.31. The third-order valence-electron chi connectivity index (χ3n) is 5.29. The van der Waals surface area contributed by atoms with Crippen molar-refractivity contribution in [1.29, 1.82) is 0 Å². The molecule has 8 nitrogen and oxygen atoms in total. The van der Waals surface area contributed by atoms with Crippen LogP contribution in [0.5, 0.6) is 0 Å². The summed E-state index contributed by atoms with van der Waals surface area (Å²) >= 11 is 1.32. The topological polar surface area (TPSA) is 123 Å². The minimum Gasteiger partial charge on any atom is -0.469 e. The average Bonchev–Trinajstić information content (AvgIpc) is 3.30. The fourth-order valence-corrected chi connectivity index (χ4v) is 3.81. The zero-order valence-corrected chi connectivity index (χ0v) is 19.9. The number of benzene rings is 1. The number of amides is 2. The van der Waals surface area contributed by atoms with E-state index in [2.05, 4.69) is 15.6 Å². The summed E-state index contributed by atoms with van der Waals surface area (Å²) in [6.45, 7) is 7.45. The SMILES string of the molecule is COC(=O)C[C@@H](NC(=O)[C@@H](NC(=O)[C@@H](N)C(C)(C)C)[C@@H](C)c1ccccc1)c1nccs1. The van der Waals surface area contributed by atoms with Crippen molar-refractivity contribution in [3.63, 3.8) is 0 Å². The number of thiazole rings is 1. The van der Waals surface area contributed by atoms with E-state index >= 15 is 0 Å². The van der Waals surface area contributed by atoms with Gasteiger partial charge in [0.1, 0.15) is 11.0 Å². The maximum absolute atomic E-state index is 13.4. The van der Waals surface area contributed by atoms with Gasteiger partial charge in [-0.3, -0.25) is 14.4 Å². The van der Waals surface area contributed by atoms with Crippen LogP contribution in [0.4, 0.5) is 0 Å². The largest absolute Gasteiger partial charge is 0.469 e. The van der Waals surface area contributed by atoms with Crippen molar-refractivity contribution in [1.82, 2.24) is 15.6 Å². The molecule has 4 N–H and O–H groups in total. The molecule has 9 heteroatoms. The molecule has 0 spiro atoms. The Hall–Kier alpha value is -2.78. The van der Waals surface area contributed by atoms with E-state index in [-0.39, 0.29) is 12.3 Å². The van der Waals surface area contributed by atoms with Crippen LogP contribution in [0, 0.1) is 5.41 Å². The highest BCUT2D eigenvalue weighted by Crippen LogP contribution is 2.24. The van der Waals surface area contributed by atoms with Gasteiger partial charge in [-0.25, -0.2) is 4.98 Å². The smallest absolute Gasteiger partial charge is 0.308 e. The van der Waals surface area contributed by atoms with Crippen molar-refractivity contribution in [3.05, 3.63) is 52.5 Å². The molecule has 32 heavy (non-hydrogen) atoms. The predicted molar refractivity (Wildman–Crippen MR) is 124 cm³/mol. The van der Waals surface area contributed by atoms with Gasteiger partial charge in [0.05, 0.1) is 25.6 Å². The maximum Gasteiger partial charge on any atom is 0.308 e. The lowest BCUT2D eigenvalue weighted by molar-refractivity contribution is -0.141. The molecule has 174 valence electrons. The number of hydrogen-bond donors (Lipinski definition) is 3. The zero-order valence-electron chi connectivity index (χ0n) is 19.1. The zero-order chi connectivity index (χ0) is 23.9. The first kappa shape index (κ1) is 25.5. The quantitative estimate of drug-likeness (QED) is 0.494. The Morgan fingerprint density at radius 2 is 1.78 bits per heavy atom. The second-order valence-corrected chi connectivity index (χ2v) is 9.67. The number of hydrogen-bond acceptors (Lipinski definition) is 7. The van der Waals surface area contributed by atoms with Gasteiger partial charge >= 0.3 is 5.97 Å². The van der Waals surface area contributed by atoms with Crippen LogP contribution in [0.1, 0.15) is 56.6 Å². The molecule has 0 unspecified atom stereocenters. The lowest BCUT2D eigenvalue weighted by atomic mass is 9.86. The second kappa shape index (κ2) is 11.2. The van der Waals surface area contributed by atoms with E-state index in [1.165, 1.54) is 18.4 Å². The summed E-state index contributed by atoms with van der Waals surface area (Å²) in [4.78, 5) is 42.4. The monoisotopic (exact) mass is 460 g/mol. The van der Waals surface area contributed by atoms with Crippen LogP contribution in [0.25, 0.3) is 0 Å². The summed E-state index contributed by atoms with van der Waals surface area (Å²) in [6.07, 6.45) is 1.53. The van der Waals surface area contributed by atoms with Crippen LogP contribution in [-0.4, -0.2) is 42.0 Å². The van der Waals surface area contributed by atoms with Crippen molar-refractivity contribution in [2.75, 3.05) is 7.11 Å². The number of carbonyl (C=O) groups is 3. The molecule has 0 saturated carbocycles. The molecular weight excluding hydrogens is 428 g/mol. The van der Waals surface area contributed by atoms with Gasteiger partial charge in [0.15, 0.2) is 0 Å². The molecule has 2 rings (SSSR count). The van der Waals surface area contributed by atoms with Crippen molar-refractivity contribution in [3.8, 4) is 0 Å². The molecule has 0 saturated heterocycles. The van der Waals surface area contributed by atoms with Crippen LogP contribution in [-0.2, 0) is 19.1 Å². The first-order chi connectivity index (χ1) is 15.0. The fraction of sp³-hybridized carbons (Fsp3) is 0.478. The summed E-state index contributed by atoms with van der Waals surface area (Å²) in [6, 6.07) is 7.05. The van der Waals surface area contributed by atoms with E-state index in [0.29, 0.717) is 5.01 Å². The summed E-state index contributed by atoms with van der Waals surface area (Å²) in [5.41, 5.74) is 6.54. The molecule has 4 atom stereocenters. The van der Waals surface area contributed by atoms with Gasteiger partial charge in [-0.15, -0.1) is 11.3 Å². The maximum atomic E-state index is 13.4. The van der Waals surface area contributed by atoms with E-state index in [9.17, 15) is 14.4 Å². The summed E-state index contributed by atoms with van der Waals surface area (Å²) in [5, 5.41) is 8.04. The van der Waals surface area contributed by atoms with Crippen molar-refractivity contribution >= 4 is 29.1 Å². The van der Waals surface area contributed by atoms with Gasteiger partial charge < -0.3 is 21.1 Å². The van der Waals surface area contributed by atoms with Gasteiger partial charge in [-0.05, 0) is 11.0 Å². The normalized spacial score (nSPS) is 15.2. The Kier molecular flexibility index (Phi) is 8.91. The Bertz CT molecular complexity index is 896. The number of carbonyl (C=O) groups excluding carboxylic acids is 3. The van der Waals surface area contributed by atoms with Crippen LogP contribution >= 0.6 is 11.3 Å². The molecule has 0 aliphatic heterocycles. The molecule has 1 aromatic heterocycles. The Labute approximate surface area is 192 Å². The standard InChI is InChI=1S/C23H32N4O4S/c1-14(15-9-7-6-8-10-15)18(27-21(30)19(24)23(2,3)4)20(29)26-16(13-17(28)31-5)22-25-11-12-32-22/h6-12,14,16,18-19H,13,24H2,1-5H3,(H,26,29)(H,27,30)/t14-,16+,18-,19+/m0/s1. The first-order valence-electron chi connectivity index (χ1n) is 10.4. The number of esters is 1. The van der Waals surface area contributed by atoms with Gasteiger partial charge in [-0.1, -0.05) is 58.0 Å². The molecule has 1 heterocycles. The summed E-state index contributed by atoms with van der Waals surface area (Å²) in [5.74, 6) is -1.67. The molecule has 0 aliphatic carbocycles. The highest BCUT2D eigenvalue weighted by molar-refractivity contribution is 7.09. The van der Waals surface area contributed by atoms with E-state index in [1.807, 2.05) is 58.0 Å². The van der Waals surface area contributed by atoms with Crippen LogP contribution in [0.3, 0.4) is 0 Å². The molecule has 1 aromatic carbocycles. The van der Waals surface area contributed by atoms with Crippen LogP contribution in [0.2, 0.25) is 0 Å². The second-order valence-electron chi connectivity index (χ2n) is 8.74. The third kappa shape index (κ3) is 6.86. The predicted octanol–water partition coefficient (Wildman–Crippen LogP) is 2.53. The molecule has 0 aliphatic rings. The molecular formula is C23H32N4O4S. The molecule has 0 bridgehead atoms. The summed E-state index contributed by atoms with van der Waals surface area (Å²) in [7, 11) is 1.29. The van der Waals surface area contributed by atoms with Gasteiger partial charge in [0.25, 0.3) is 0 Å². The summed E-state index contributed by atoms with van der Waals surface area (Å²) < 4.78 is 4.77. The fourth-order valence-electron chi connectivity index (χ4n) is 3.12. The van der Waals surface area contributed by atoms with Gasteiger partial charge in [0.2, 0.25) is 11.8 Å². The minimum atomic E-state index is -0.904. The molecule has 2 amide bonds. The van der Waals surface area contributed by atoms with E-state index in [4.69, 9.17) is 10.5 Å². The number of methoxy groups -OCH3 is 1. The average molecular weight is 461 g/mol. The van der Waals surface area contributed by atoms with Gasteiger partial charge in [0, 0.05) is 17.5 Å².